The van der Waals surface area contributed by atoms with Crippen molar-refractivity contribution in [2.24, 2.45) is 0 Å². The lowest BCUT2D eigenvalue weighted by Crippen LogP contribution is -2.51. The second-order valence-corrected chi connectivity index (χ2v) is 4.16. The van der Waals surface area contributed by atoms with Gasteiger partial charge in [0.2, 0.25) is 0 Å². The number of aliphatic hydroxyl groups is 1. The van der Waals surface area contributed by atoms with Crippen LogP contribution in [0.1, 0.15) is 12.1 Å². The van der Waals surface area contributed by atoms with Gasteiger partial charge in [0.25, 0.3) is 0 Å². The fourth-order valence-electron chi connectivity index (χ4n) is 2.14. The first-order valence-corrected chi connectivity index (χ1v) is 5.85. The van der Waals surface area contributed by atoms with Crippen molar-refractivity contribution >= 4 is 0 Å². The van der Waals surface area contributed by atoms with Crippen LogP contribution in [0.5, 0.6) is 0 Å². The predicted octanol–water partition coefficient (Wildman–Crippen LogP) is 0.238. The minimum Gasteiger partial charge on any atom is -0.396 e. The number of hydrogen-bond donors (Lipinski definition) is 2. The highest BCUT2D eigenvalue weighted by Crippen LogP contribution is 2.10. The van der Waals surface area contributed by atoms with E-state index in [9.17, 15) is 0 Å². The third kappa shape index (κ3) is 3.01. The summed E-state index contributed by atoms with van der Waals surface area (Å²) in [6.45, 7) is 4.15. The van der Waals surface area contributed by atoms with Gasteiger partial charge in [-0.1, -0.05) is 6.07 Å². The Morgan fingerprint density at radius 2 is 2.44 bits per heavy atom. The average Bonchev–Trinajstić information content (AvgIpc) is 2.33. The molecular weight excluding hydrogens is 202 g/mol. The van der Waals surface area contributed by atoms with E-state index in [2.05, 4.69) is 21.3 Å². The maximum Gasteiger partial charge on any atom is 0.0544 e. The zero-order chi connectivity index (χ0) is 11.2. The maximum atomic E-state index is 9.03. The van der Waals surface area contributed by atoms with Gasteiger partial charge in [0.05, 0.1) is 5.69 Å². The first kappa shape index (κ1) is 11.5. The monoisotopic (exact) mass is 221 g/mol. The lowest BCUT2D eigenvalue weighted by atomic mass is 10.1. The minimum absolute atomic E-state index is 0.255. The molecule has 4 nitrogen and oxygen atoms in total. The van der Waals surface area contributed by atoms with Gasteiger partial charge in [-0.15, -0.1) is 0 Å². The first-order valence-electron chi connectivity index (χ1n) is 5.85. The maximum absolute atomic E-state index is 9.03. The van der Waals surface area contributed by atoms with E-state index in [1.54, 1.807) is 0 Å². The number of rotatable bonds is 4. The van der Waals surface area contributed by atoms with Gasteiger partial charge in [0, 0.05) is 45.0 Å². The molecule has 88 valence electrons. The molecule has 0 spiro atoms. The van der Waals surface area contributed by atoms with Crippen LogP contribution < -0.4 is 5.32 Å². The lowest BCUT2D eigenvalue weighted by molar-refractivity contribution is 0.122. The Balaban J connectivity index is 1.96. The van der Waals surface area contributed by atoms with Crippen LogP contribution in [-0.4, -0.2) is 47.3 Å². The fourth-order valence-corrected chi connectivity index (χ4v) is 2.14. The van der Waals surface area contributed by atoms with Crippen molar-refractivity contribution in [3.63, 3.8) is 0 Å². The van der Waals surface area contributed by atoms with E-state index >= 15 is 0 Å². The Labute approximate surface area is 96.3 Å². The molecule has 2 rings (SSSR count). The van der Waals surface area contributed by atoms with E-state index < -0.39 is 0 Å². The van der Waals surface area contributed by atoms with Crippen molar-refractivity contribution in [3.05, 3.63) is 30.1 Å². The summed E-state index contributed by atoms with van der Waals surface area (Å²) in [5.41, 5.74) is 1.10. The predicted molar refractivity (Wildman–Crippen MR) is 63.0 cm³/mol. The normalized spacial score (nSPS) is 22.2. The van der Waals surface area contributed by atoms with Crippen LogP contribution in [0, 0.1) is 0 Å². The second-order valence-electron chi connectivity index (χ2n) is 4.16. The van der Waals surface area contributed by atoms with Gasteiger partial charge in [0.15, 0.2) is 0 Å². The topological polar surface area (TPSA) is 48.4 Å². The fraction of sp³-hybridized carbons (Fsp3) is 0.583. The van der Waals surface area contributed by atoms with Crippen molar-refractivity contribution in [3.8, 4) is 0 Å². The van der Waals surface area contributed by atoms with Crippen LogP contribution in [0.2, 0.25) is 0 Å². The van der Waals surface area contributed by atoms with Gasteiger partial charge in [-0.05, 0) is 18.6 Å². The summed E-state index contributed by atoms with van der Waals surface area (Å²) in [4.78, 5) is 6.74. The van der Waals surface area contributed by atoms with E-state index in [0.717, 1.165) is 38.3 Å². The number of aromatic nitrogens is 1. The molecule has 2 N–H and O–H groups in total. The number of hydrogen-bond acceptors (Lipinski definition) is 4. The Morgan fingerprint density at radius 1 is 1.50 bits per heavy atom. The Bertz CT molecular complexity index is 302. The van der Waals surface area contributed by atoms with Crippen molar-refractivity contribution in [2.75, 3.05) is 26.2 Å². The van der Waals surface area contributed by atoms with Crippen LogP contribution in [0.3, 0.4) is 0 Å². The van der Waals surface area contributed by atoms with Crippen LogP contribution in [0.15, 0.2) is 24.4 Å². The van der Waals surface area contributed by atoms with Crippen molar-refractivity contribution in [1.82, 2.24) is 15.2 Å². The van der Waals surface area contributed by atoms with Crippen LogP contribution >= 0.6 is 0 Å². The molecule has 0 bridgehead atoms. The van der Waals surface area contributed by atoms with Crippen molar-refractivity contribution < 1.29 is 5.11 Å². The molecule has 1 aliphatic heterocycles. The highest BCUT2D eigenvalue weighted by atomic mass is 16.3. The van der Waals surface area contributed by atoms with E-state index in [0.29, 0.717) is 6.04 Å². The standard InChI is InChI=1S/C12H19N3O/c16-8-4-12-9-13-6-7-15(12)10-11-3-1-2-5-14-11/h1-3,5,12-13,16H,4,6-10H2. The van der Waals surface area contributed by atoms with Gasteiger partial charge in [-0.25, -0.2) is 0 Å². The molecule has 1 saturated heterocycles. The molecule has 1 fully saturated rings. The molecule has 2 heterocycles. The molecule has 1 aliphatic rings. The third-order valence-corrected chi connectivity index (χ3v) is 3.03. The van der Waals surface area contributed by atoms with Gasteiger partial charge < -0.3 is 10.4 Å². The molecule has 1 aromatic heterocycles. The molecule has 1 atom stereocenters. The highest BCUT2D eigenvalue weighted by Gasteiger charge is 2.21. The average molecular weight is 221 g/mol. The minimum atomic E-state index is 0.255. The van der Waals surface area contributed by atoms with Gasteiger partial charge >= 0.3 is 0 Å². The summed E-state index contributed by atoms with van der Waals surface area (Å²) in [7, 11) is 0. The molecule has 1 unspecified atom stereocenters. The summed E-state index contributed by atoms with van der Waals surface area (Å²) < 4.78 is 0. The van der Waals surface area contributed by atoms with E-state index in [1.165, 1.54) is 0 Å². The lowest BCUT2D eigenvalue weighted by Gasteiger charge is -2.35. The Morgan fingerprint density at radius 3 is 3.19 bits per heavy atom. The Kier molecular flexibility index (Phi) is 4.27. The summed E-state index contributed by atoms with van der Waals surface area (Å²) in [5.74, 6) is 0. The molecule has 0 radical (unpaired) electrons. The summed E-state index contributed by atoms with van der Waals surface area (Å²) >= 11 is 0. The molecule has 1 aromatic rings. The van der Waals surface area contributed by atoms with Crippen molar-refractivity contribution in [2.45, 2.75) is 19.0 Å². The summed E-state index contributed by atoms with van der Waals surface area (Å²) in [6, 6.07) is 6.44. The van der Waals surface area contributed by atoms with E-state index in [-0.39, 0.29) is 6.61 Å². The second kappa shape index (κ2) is 5.94. The van der Waals surface area contributed by atoms with Crippen LogP contribution in [0.25, 0.3) is 0 Å². The van der Waals surface area contributed by atoms with Gasteiger partial charge in [-0.3, -0.25) is 9.88 Å². The smallest absolute Gasteiger partial charge is 0.0544 e. The Hall–Kier alpha value is -0.970. The van der Waals surface area contributed by atoms with E-state index in [1.807, 2.05) is 18.3 Å². The zero-order valence-electron chi connectivity index (χ0n) is 9.47. The molecule has 16 heavy (non-hydrogen) atoms. The van der Waals surface area contributed by atoms with Gasteiger partial charge in [-0.2, -0.15) is 0 Å². The third-order valence-electron chi connectivity index (χ3n) is 3.03. The molecule has 0 aliphatic carbocycles. The molecule has 4 heteroatoms. The van der Waals surface area contributed by atoms with E-state index in [4.69, 9.17) is 5.11 Å². The van der Waals surface area contributed by atoms with Crippen molar-refractivity contribution in [1.29, 1.82) is 0 Å². The van der Waals surface area contributed by atoms with Gasteiger partial charge in [0.1, 0.15) is 0 Å². The van der Waals surface area contributed by atoms with Crippen LogP contribution in [-0.2, 0) is 6.54 Å². The molecule has 0 amide bonds. The summed E-state index contributed by atoms with van der Waals surface area (Å²) in [5, 5.41) is 12.4. The molecule has 0 aromatic carbocycles. The number of aliphatic hydroxyl groups excluding tert-OH is 1. The zero-order valence-corrected chi connectivity index (χ0v) is 9.47. The largest absolute Gasteiger partial charge is 0.396 e. The number of pyridine rings is 1. The molecule has 0 saturated carbocycles. The number of nitrogens with one attached hydrogen (secondary N) is 1. The number of nitrogens with zero attached hydrogens (tertiary/aromatic N) is 2. The molecular formula is C12H19N3O. The quantitative estimate of drug-likeness (QED) is 0.764. The van der Waals surface area contributed by atoms with Crippen LogP contribution in [0.4, 0.5) is 0 Å². The highest BCUT2D eigenvalue weighted by molar-refractivity contribution is 5.04. The first-order chi connectivity index (χ1) is 7.90. The number of piperazine rings is 1. The summed E-state index contributed by atoms with van der Waals surface area (Å²) in [6.07, 6.45) is 2.67. The SMILES string of the molecule is OCCC1CNCCN1Cc1ccccn1.